The zero-order valence-corrected chi connectivity index (χ0v) is 12.8. The minimum atomic E-state index is -0.317. The fraction of sp³-hybridized carbons (Fsp3) is 0.353. The molecule has 0 unspecified atom stereocenters. The molecule has 6 heteroatoms. The van der Waals surface area contributed by atoms with E-state index in [-0.39, 0.29) is 17.7 Å². The molecule has 0 aliphatic carbocycles. The molecule has 1 aromatic carbocycles. The quantitative estimate of drug-likeness (QED) is 0.918. The average molecular weight is 313 g/mol. The predicted octanol–water partition coefficient (Wildman–Crippen LogP) is 2.68. The van der Waals surface area contributed by atoms with Gasteiger partial charge in [0.2, 0.25) is 0 Å². The Morgan fingerprint density at radius 2 is 2.22 bits per heavy atom. The van der Waals surface area contributed by atoms with Crippen LogP contribution in [-0.4, -0.2) is 35.2 Å². The molecule has 1 amide bonds. The van der Waals surface area contributed by atoms with Gasteiger partial charge in [0.05, 0.1) is 18.0 Å². The fourth-order valence-electron chi connectivity index (χ4n) is 2.42. The molecule has 1 fully saturated rings. The number of nitrogens with one attached hydrogen (secondary N) is 1. The number of aromatic nitrogens is 2. The van der Waals surface area contributed by atoms with E-state index in [1.54, 1.807) is 6.07 Å². The first-order chi connectivity index (χ1) is 11.3. The van der Waals surface area contributed by atoms with E-state index in [0.29, 0.717) is 18.0 Å². The van der Waals surface area contributed by atoms with E-state index in [1.165, 1.54) is 25.0 Å². The molecule has 3 rings (SSSR count). The molecule has 1 saturated heterocycles. The minimum absolute atomic E-state index is 0.118. The van der Waals surface area contributed by atoms with Crippen molar-refractivity contribution in [2.75, 3.05) is 18.5 Å². The highest BCUT2D eigenvalue weighted by molar-refractivity contribution is 6.03. The largest absolute Gasteiger partial charge is 0.489 e. The van der Waals surface area contributed by atoms with E-state index in [9.17, 15) is 4.79 Å². The van der Waals surface area contributed by atoms with Crippen LogP contribution in [0.2, 0.25) is 0 Å². The molecular formula is C17H19N3O3. The van der Waals surface area contributed by atoms with Gasteiger partial charge in [-0.05, 0) is 31.4 Å². The van der Waals surface area contributed by atoms with Crippen LogP contribution >= 0.6 is 0 Å². The van der Waals surface area contributed by atoms with Crippen molar-refractivity contribution in [2.24, 2.45) is 0 Å². The molecule has 0 radical (unpaired) electrons. The molecule has 1 N–H and O–H groups in total. The van der Waals surface area contributed by atoms with Gasteiger partial charge in [-0.15, -0.1) is 0 Å². The Labute approximate surface area is 134 Å². The van der Waals surface area contributed by atoms with Gasteiger partial charge in [-0.25, -0.2) is 4.98 Å². The molecule has 6 nitrogen and oxygen atoms in total. The van der Waals surface area contributed by atoms with E-state index >= 15 is 0 Å². The minimum Gasteiger partial charge on any atom is -0.489 e. The summed E-state index contributed by atoms with van der Waals surface area (Å²) in [7, 11) is 0. The van der Waals surface area contributed by atoms with Crippen molar-refractivity contribution in [2.45, 2.75) is 25.4 Å². The molecule has 0 saturated carbocycles. The summed E-state index contributed by atoms with van der Waals surface area (Å²) in [5, 5.41) is 2.81. The summed E-state index contributed by atoms with van der Waals surface area (Å²) in [6.07, 6.45) is 7.84. The molecule has 120 valence electrons. The number of carbonyl (C=O) groups excluding carboxylic acids is 1. The van der Waals surface area contributed by atoms with Crippen molar-refractivity contribution in [1.29, 1.82) is 0 Å². The standard InChI is InChI=1S/C17H19N3O3/c21-17(15-11-18-8-9-19-15)20-14-6-1-2-7-16(14)23-12-13-5-3-4-10-22-13/h1-2,6-9,11,13H,3-5,10,12H2,(H,20,21)/t13-/m1/s1. The lowest BCUT2D eigenvalue weighted by Gasteiger charge is -2.23. The second-order valence-corrected chi connectivity index (χ2v) is 5.34. The molecule has 2 aromatic rings. The molecule has 23 heavy (non-hydrogen) atoms. The SMILES string of the molecule is O=C(Nc1ccccc1OC[C@H]1CCCCO1)c1cnccn1. The lowest BCUT2D eigenvalue weighted by atomic mass is 10.1. The Kier molecular flexibility index (Phi) is 5.16. The summed E-state index contributed by atoms with van der Waals surface area (Å²) in [6, 6.07) is 7.34. The summed E-state index contributed by atoms with van der Waals surface area (Å²) < 4.78 is 11.5. The maximum Gasteiger partial charge on any atom is 0.275 e. The number of hydrogen-bond acceptors (Lipinski definition) is 5. The van der Waals surface area contributed by atoms with Crippen LogP contribution in [0.15, 0.2) is 42.9 Å². The van der Waals surface area contributed by atoms with E-state index in [1.807, 2.05) is 18.2 Å². The molecule has 1 aliphatic rings. The van der Waals surface area contributed by atoms with E-state index in [4.69, 9.17) is 9.47 Å². The van der Waals surface area contributed by atoms with Gasteiger partial charge in [0.1, 0.15) is 18.1 Å². The Bertz CT molecular complexity index is 643. The van der Waals surface area contributed by atoms with E-state index < -0.39 is 0 Å². The summed E-state index contributed by atoms with van der Waals surface area (Å²) in [5.74, 6) is 0.307. The first-order valence-corrected chi connectivity index (χ1v) is 7.74. The van der Waals surface area contributed by atoms with Gasteiger partial charge in [-0.2, -0.15) is 0 Å². The predicted molar refractivity (Wildman–Crippen MR) is 85.5 cm³/mol. The third kappa shape index (κ3) is 4.26. The highest BCUT2D eigenvalue weighted by Gasteiger charge is 2.16. The maximum atomic E-state index is 12.2. The van der Waals surface area contributed by atoms with Crippen LogP contribution in [0.1, 0.15) is 29.8 Å². The van der Waals surface area contributed by atoms with Gasteiger partial charge >= 0.3 is 0 Å². The smallest absolute Gasteiger partial charge is 0.275 e. The van der Waals surface area contributed by atoms with E-state index in [0.717, 1.165) is 19.4 Å². The first-order valence-electron chi connectivity index (χ1n) is 7.74. The van der Waals surface area contributed by atoms with Crippen molar-refractivity contribution >= 4 is 11.6 Å². The number of para-hydroxylation sites is 2. The van der Waals surface area contributed by atoms with Crippen LogP contribution in [0.3, 0.4) is 0 Å². The summed E-state index contributed by atoms with van der Waals surface area (Å²) in [5.41, 5.74) is 0.872. The molecule has 0 spiro atoms. The van der Waals surface area contributed by atoms with Crippen LogP contribution in [0.25, 0.3) is 0 Å². The van der Waals surface area contributed by atoms with Crippen LogP contribution < -0.4 is 10.1 Å². The van der Waals surface area contributed by atoms with Crippen molar-refractivity contribution in [3.8, 4) is 5.75 Å². The Morgan fingerprint density at radius 3 is 3.00 bits per heavy atom. The number of amides is 1. The number of nitrogens with zero attached hydrogens (tertiary/aromatic N) is 2. The highest BCUT2D eigenvalue weighted by Crippen LogP contribution is 2.25. The van der Waals surface area contributed by atoms with Gasteiger partial charge in [0.25, 0.3) is 5.91 Å². The summed E-state index contributed by atoms with van der Waals surface area (Å²) in [4.78, 5) is 20.1. The Morgan fingerprint density at radius 1 is 1.30 bits per heavy atom. The van der Waals surface area contributed by atoms with Gasteiger partial charge in [0.15, 0.2) is 0 Å². The zero-order chi connectivity index (χ0) is 15.9. The first kappa shape index (κ1) is 15.4. The van der Waals surface area contributed by atoms with Crippen LogP contribution in [-0.2, 0) is 4.74 Å². The summed E-state index contributed by atoms with van der Waals surface area (Å²) >= 11 is 0. The highest BCUT2D eigenvalue weighted by atomic mass is 16.5. The van der Waals surface area contributed by atoms with Gasteiger partial charge in [-0.3, -0.25) is 9.78 Å². The number of ether oxygens (including phenoxy) is 2. The third-order valence-electron chi connectivity index (χ3n) is 3.63. The Balaban J connectivity index is 1.64. The molecular weight excluding hydrogens is 294 g/mol. The monoisotopic (exact) mass is 313 g/mol. The second-order valence-electron chi connectivity index (χ2n) is 5.34. The van der Waals surface area contributed by atoms with Crippen molar-refractivity contribution in [3.63, 3.8) is 0 Å². The van der Waals surface area contributed by atoms with Crippen molar-refractivity contribution in [1.82, 2.24) is 9.97 Å². The van der Waals surface area contributed by atoms with Crippen molar-refractivity contribution in [3.05, 3.63) is 48.5 Å². The van der Waals surface area contributed by atoms with Gasteiger partial charge < -0.3 is 14.8 Å². The number of carbonyl (C=O) groups is 1. The number of benzene rings is 1. The number of anilines is 1. The average Bonchev–Trinajstić information content (AvgIpc) is 2.62. The maximum absolute atomic E-state index is 12.2. The van der Waals surface area contributed by atoms with Crippen molar-refractivity contribution < 1.29 is 14.3 Å². The molecule has 2 heterocycles. The van der Waals surface area contributed by atoms with Crippen LogP contribution in [0.5, 0.6) is 5.75 Å². The lowest BCUT2D eigenvalue weighted by Crippen LogP contribution is -2.26. The second kappa shape index (κ2) is 7.69. The van der Waals surface area contributed by atoms with Crippen LogP contribution in [0, 0.1) is 0 Å². The third-order valence-corrected chi connectivity index (χ3v) is 3.63. The number of hydrogen-bond donors (Lipinski definition) is 1. The van der Waals surface area contributed by atoms with Gasteiger partial charge in [-0.1, -0.05) is 12.1 Å². The molecule has 1 atom stereocenters. The van der Waals surface area contributed by atoms with E-state index in [2.05, 4.69) is 15.3 Å². The lowest BCUT2D eigenvalue weighted by molar-refractivity contribution is -0.0109. The van der Waals surface area contributed by atoms with Gasteiger partial charge in [0, 0.05) is 19.0 Å². The molecule has 0 bridgehead atoms. The van der Waals surface area contributed by atoms with Crippen LogP contribution in [0.4, 0.5) is 5.69 Å². The number of rotatable bonds is 5. The topological polar surface area (TPSA) is 73.3 Å². The molecule has 1 aromatic heterocycles. The normalized spacial score (nSPS) is 17.5. The fourth-order valence-corrected chi connectivity index (χ4v) is 2.42. The summed E-state index contributed by atoms with van der Waals surface area (Å²) in [6.45, 7) is 1.27. The molecule has 1 aliphatic heterocycles. The Hall–Kier alpha value is -2.47. The zero-order valence-electron chi connectivity index (χ0n) is 12.8.